The molecule has 0 spiro atoms. The first-order valence-corrected chi connectivity index (χ1v) is 8.63. The number of carbonyl (C=O) groups is 2. The van der Waals surface area contributed by atoms with Crippen LogP contribution < -0.4 is 4.74 Å². The van der Waals surface area contributed by atoms with Crippen LogP contribution in [-0.4, -0.2) is 37.2 Å². The number of halogens is 2. The van der Waals surface area contributed by atoms with E-state index in [-0.39, 0.29) is 48.5 Å². The minimum absolute atomic E-state index is 0.0145. The van der Waals surface area contributed by atoms with Gasteiger partial charge in [0.2, 0.25) is 0 Å². The summed E-state index contributed by atoms with van der Waals surface area (Å²) in [6.45, 7) is 3.13. The van der Waals surface area contributed by atoms with Gasteiger partial charge < -0.3 is 19.3 Å². The maximum absolute atomic E-state index is 14.5. The second kappa shape index (κ2) is 6.35. The molecule has 6 nitrogen and oxygen atoms in total. The van der Waals surface area contributed by atoms with Crippen molar-refractivity contribution in [3.8, 4) is 11.5 Å². The van der Waals surface area contributed by atoms with E-state index in [0.29, 0.717) is 11.1 Å². The SMILES string of the molecule is COC(=O)CCC1(C)C(Cc2c(O)c3c(c(C)c2OC)COC3=O)C1(F)F. The normalized spacial score (nSPS) is 25.0. The number of cyclic esters (lactones) is 1. The van der Waals surface area contributed by atoms with Gasteiger partial charge in [-0.2, -0.15) is 0 Å². The molecule has 3 rings (SSSR count). The van der Waals surface area contributed by atoms with E-state index in [9.17, 15) is 23.5 Å². The Hall–Kier alpha value is -2.38. The molecule has 27 heavy (non-hydrogen) atoms. The lowest BCUT2D eigenvalue weighted by molar-refractivity contribution is -0.141. The van der Waals surface area contributed by atoms with E-state index in [2.05, 4.69) is 4.74 Å². The quantitative estimate of drug-likeness (QED) is 0.759. The van der Waals surface area contributed by atoms with Gasteiger partial charge in [-0.15, -0.1) is 0 Å². The van der Waals surface area contributed by atoms with Gasteiger partial charge in [0.1, 0.15) is 23.7 Å². The van der Waals surface area contributed by atoms with Crippen LogP contribution in [0.25, 0.3) is 0 Å². The molecule has 1 aliphatic heterocycles. The molecule has 2 unspecified atom stereocenters. The van der Waals surface area contributed by atoms with E-state index in [0.717, 1.165) is 0 Å². The van der Waals surface area contributed by atoms with Crippen LogP contribution in [0.2, 0.25) is 0 Å². The summed E-state index contributed by atoms with van der Waals surface area (Å²) in [6.07, 6.45) is -0.328. The number of benzene rings is 1. The van der Waals surface area contributed by atoms with Crippen molar-refractivity contribution in [2.45, 2.75) is 45.6 Å². The third-order valence-electron chi connectivity index (χ3n) is 6.02. The Morgan fingerprint density at radius 2 is 2.04 bits per heavy atom. The monoisotopic (exact) mass is 384 g/mol. The lowest BCUT2D eigenvalue weighted by Gasteiger charge is -2.17. The molecular weight excluding hydrogens is 362 g/mol. The van der Waals surface area contributed by atoms with Crippen molar-refractivity contribution in [3.05, 3.63) is 22.3 Å². The molecule has 0 bridgehead atoms. The Bertz CT molecular complexity index is 819. The Balaban J connectivity index is 1.94. The number of rotatable bonds is 6. The van der Waals surface area contributed by atoms with Gasteiger partial charge in [0, 0.05) is 28.9 Å². The summed E-state index contributed by atoms with van der Waals surface area (Å²) < 4.78 is 43.9. The zero-order valence-corrected chi connectivity index (χ0v) is 15.7. The van der Waals surface area contributed by atoms with E-state index in [4.69, 9.17) is 9.47 Å². The summed E-state index contributed by atoms with van der Waals surface area (Å²) in [7, 11) is 2.60. The average molecular weight is 384 g/mol. The number of alkyl halides is 2. The van der Waals surface area contributed by atoms with Crippen LogP contribution >= 0.6 is 0 Å². The number of carbonyl (C=O) groups excluding carboxylic acids is 2. The van der Waals surface area contributed by atoms with Crippen LogP contribution in [0.3, 0.4) is 0 Å². The predicted molar refractivity (Wildman–Crippen MR) is 90.0 cm³/mol. The Morgan fingerprint density at radius 3 is 2.63 bits per heavy atom. The van der Waals surface area contributed by atoms with Crippen molar-refractivity contribution >= 4 is 11.9 Å². The van der Waals surface area contributed by atoms with Crippen LogP contribution in [0.4, 0.5) is 8.78 Å². The summed E-state index contributed by atoms with van der Waals surface area (Å²) in [6, 6.07) is 0. The number of fused-ring (bicyclic) bond motifs is 1. The van der Waals surface area contributed by atoms with Crippen LogP contribution in [0.5, 0.6) is 11.5 Å². The van der Waals surface area contributed by atoms with Gasteiger partial charge in [0.15, 0.2) is 0 Å². The van der Waals surface area contributed by atoms with E-state index in [1.165, 1.54) is 21.1 Å². The molecule has 0 aromatic heterocycles. The van der Waals surface area contributed by atoms with Gasteiger partial charge in [-0.05, 0) is 25.3 Å². The first-order chi connectivity index (χ1) is 12.6. The molecule has 0 amide bonds. The van der Waals surface area contributed by atoms with Crippen LogP contribution in [0.1, 0.15) is 46.8 Å². The third-order valence-corrected chi connectivity index (χ3v) is 6.02. The second-order valence-corrected chi connectivity index (χ2v) is 7.29. The lowest BCUT2D eigenvalue weighted by atomic mass is 9.91. The first-order valence-electron chi connectivity index (χ1n) is 8.63. The highest BCUT2D eigenvalue weighted by atomic mass is 19.3. The summed E-state index contributed by atoms with van der Waals surface area (Å²) in [5.41, 5.74) is -0.116. The van der Waals surface area contributed by atoms with Crippen molar-refractivity contribution in [1.29, 1.82) is 0 Å². The van der Waals surface area contributed by atoms with Gasteiger partial charge in [-0.3, -0.25) is 4.79 Å². The number of phenols is 1. The van der Waals surface area contributed by atoms with Crippen molar-refractivity contribution in [2.24, 2.45) is 11.3 Å². The molecule has 0 saturated heterocycles. The van der Waals surface area contributed by atoms with Crippen molar-refractivity contribution in [3.63, 3.8) is 0 Å². The van der Waals surface area contributed by atoms with Crippen molar-refractivity contribution < 1.29 is 37.7 Å². The number of esters is 2. The van der Waals surface area contributed by atoms with Gasteiger partial charge in [0.05, 0.1) is 14.2 Å². The average Bonchev–Trinajstić information content (AvgIpc) is 2.90. The zero-order valence-electron chi connectivity index (χ0n) is 15.7. The molecular formula is C19H22F2O6. The number of ether oxygens (including phenoxy) is 3. The molecule has 8 heteroatoms. The topological polar surface area (TPSA) is 82.1 Å². The Labute approximate surface area is 155 Å². The van der Waals surface area contributed by atoms with Gasteiger partial charge >= 0.3 is 11.9 Å². The third kappa shape index (κ3) is 2.73. The van der Waals surface area contributed by atoms with Gasteiger partial charge in [0.25, 0.3) is 5.92 Å². The minimum Gasteiger partial charge on any atom is -0.507 e. The molecule has 1 fully saturated rings. The largest absolute Gasteiger partial charge is 0.507 e. The highest BCUT2D eigenvalue weighted by Gasteiger charge is 2.76. The van der Waals surface area contributed by atoms with Gasteiger partial charge in [-0.1, -0.05) is 6.92 Å². The number of hydrogen-bond acceptors (Lipinski definition) is 6. The molecule has 148 valence electrons. The highest BCUT2D eigenvalue weighted by Crippen LogP contribution is 2.69. The summed E-state index contributed by atoms with van der Waals surface area (Å²) in [5.74, 6) is -5.41. The zero-order chi connectivity index (χ0) is 20.1. The molecule has 1 saturated carbocycles. The molecule has 1 aromatic rings. The fourth-order valence-corrected chi connectivity index (χ4v) is 4.06. The number of aromatic hydroxyl groups is 1. The fourth-order valence-electron chi connectivity index (χ4n) is 4.06. The maximum Gasteiger partial charge on any atom is 0.342 e. The summed E-state index contributed by atoms with van der Waals surface area (Å²) in [4.78, 5) is 23.3. The van der Waals surface area contributed by atoms with E-state index >= 15 is 0 Å². The summed E-state index contributed by atoms with van der Waals surface area (Å²) >= 11 is 0. The standard InChI is InChI=1S/C19H22F2O6/c1-9-11-8-27-17(24)14(11)15(23)10(16(9)26-4)7-12-18(2,19(12,20)21)6-5-13(22)25-3/h12,23H,5-8H2,1-4H3. The minimum atomic E-state index is -3.01. The Kier molecular flexibility index (Phi) is 4.56. The Morgan fingerprint density at radius 1 is 1.37 bits per heavy atom. The maximum atomic E-state index is 14.5. The number of phenolic OH excluding ortho intramolecular Hbond substituents is 1. The molecule has 2 atom stereocenters. The molecule has 1 heterocycles. The summed E-state index contributed by atoms with van der Waals surface area (Å²) in [5, 5.41) is 10.6. The molecule has 2 aliphatic rings. The first kappa shape index (κ1) is 19.4. The molecule has 0 radical (unpaired) electrons. The predicted octanol–water partition coefficient (Wildman–Crippen LogP) is 3.15. The smallest absolute Gasteiger partial charge is 0.342 e. The van der Waals surface area contributed by atoms with Crippen molar-refractivity contribution in [2.75, 3.05) is 14.2 Å². The van der Waals surface area contributed by atoms with Crippen LogP contribution in [0, 0.1) is 18.3 Å². The number of hydrogen-bond donors (Lipinski definition) is 1. The van der Waals surface area contributed by atoms with Crippen LogP contribution in [0.15, 0.2) is 0 Å². The number of methoxy groups -OCH3 is 2. The lowest BCUT2D eigenvalue weighted by Crippen LogP contribution is -2.10. The van der Waals surface area contributed by atoms with E-state index in [1.807, 2.05) is 0 Å². The van der Waals surface area contributed by atoms with E-state index < -0.39 is 29.2 Å². The van der Waals surface area contributed by atoms with Crippen LogP contribution in [-0.2, 0) is 27.3 Å². The van der Waals surface area contributed by atoms with E-state index in [1.54, 1.807) is 6.92 Å². The molecule has 1 aliphatic carbocycles. The fraction of sp³-hybridized carbons (Fsp3) is 0.579. The highest BCUT2D eigenvalue weighted by molar-refractivity contribution is 5.98. The van der Waals surface area contributed by atoms with Gasteiger partial charge in [-0.25, -0.2) is 13.6 Å². The molecule has 1 aromatic carbocycles. The van der Waals surface area contributed by atoms with Crippen molar-refractivity contribution in [1.82, 2.24) is 0 Å². The molecule has 1 N–H and O–H groups in total. The second-order valence-electron chi connectivity index (χ2n) is 7.29.